The number of nitrogens with one attached hydrogen (secondary N) is 1. The number of sulfonamides is 1. The summed E-state index contributed by atoms with van der Waals surface area (Å²) in [4.78, 5) is 38.4. The summed E-state index contributed by atoms with van der Waals surface area (Å²) in [7, 11) is 0.530. The molecule has 0 aliphatic heterocycles. The minimum atomic E-state index is -3.90. The lowest BCUT2D eigenvalue weighted by Crippen LogP contribution is -2.42. The lowest BCUT2D eigenvalue weighted by Gasteiger charge is -2.20. The molecule has 1 aromatic heterocycles. The number of aryl methyl sites for hydroxylation is 1. The van der Waals surface area contributed by atoms with E-state index < -0.39 is 27.8 Å². The minimum Gasteiger partial charge on any atom is -0.422 e. The standard InChI is InChI=1S/C25H27N3O7S/c1-7-17-13-19-15(2)20(23(29)34-22(19)14-21(17)35-25(31)27(4)5)12-16-9-8-10-18(11-16)28(24(30)26-3)36(6,32)33/h7-11,13-14H,1,12H2,2-6H3,(H,26,30). The van der Waals surface area contributed by atoms with Crippen molar-refractivity contribution in [3.63, 3.8) is 0 Å². The maximum Gasteiger partial charge on any atom is 0.414 e. The molecule has 3 rings (SSSR count). The first-order chi connectivity index (χ1) is 16.9. The van der Waals surface area contributed by atoms with Crippen LogP contribution in [0.15, 0.2) is 52.2 Å². The van der Waals surface area contributed by atoms with Crippen molar-refractivity contribution < 1.29 is 27.2 Å². The van der Waals surface area contributed by atoms with E-state index in [4.69, 9.17) is 9.15 Å². The highest BCUT2D eigenvalue weighted by molar-refractivity contribution is 7.92. The minimum absolute atomic E-state index is 0.129. The van der Waals surface area contributed by atoms with Crippen LogP contribution in [0.25, 0.3) is 17.0 Å². The Hall–Kier alpha value is -4.12. The Labute approximate surface area is 208 Å². The predicted molar refractivity (Wildman–Crippen MR) is 138 cm³/mol. The van der Waals surface area contributed by atoms with Gasteiger partial charge in [0.05, 0.1) is 11.9 Å². The molecule has 190 valence electrons. The number of fused-ring (bicyclic) bond motifs is 1. The van der Waals surface area contributed by atoms with E-state index in [-0.39, 0.29) is 23.4 Å². The molecule has 0 unspecified atom stereocenters. The molecule has 3 aromatic rings. The molecule has 0 saturated carbocycles. The number of amides is 3. The zero-order valence-corrected chi connectivity index (χ0v) is 21.4. The number of anilines is 1. The highest BCUT2D eigenvalue weighted by Crippen LogP contribution is 2.30. The van der Waals surface area contributed by atoms with E-state index in [0.29, 0.717) is 31.9 Å². The number of hydrogen-bond donors (Lipinski definition) is 1. The van der Waals surface area contributed by atoms with Crippen molar-refractivity contribution in [2.24, 2.45) is 0 Å². The summed E-state index contributed by atoms with van der Waals surface area (Å²) < 4.78 is 36.0. The highest BCUT2D eigenvalue weighted by Gasteiger charge is 2.25. The molecule has 0 saturated heterocycles. The molecular formula is C25H27N3O7S. The molecule has 1 heterocycles. The van der Waals surface area contributed by atoms with Gasteiger partial charge in [0.2, 0.25) is 10.0 Å². The number of carbonyl (C=O) groups excluding carboxylic acids is 2. The van der Waals surface area contributed by atoms with Gasteiger partial charge in [-0.25, -0.2) is 22.8 Å². The number of nitrogens with zero attached hydrogens (tertiary/aromatic N) is 2. The van der Waals surface area contributed by atoms with E-state index in [1.165, 1.54) is 36.2 Å². The van der Waals surface area contributed by atoms with Crippen LogP contribution in [0.4, 0.5) is 15.3 Å². The molecule has 3 amide bonds. The van der Waals surface area contributed by atoms with Crippen molar-refractivity contribution in [2.45, 2.75) is 13.3 Å². The fourth-order valence-electron chi connectivity index (χ4n) is 3.63. The second kappa shape index (κ2) is 10.2. The van der Waals surface area contributed by atoms with Crippen molar-refractivity contribution in [2.75, 3.05) is 31.7 Å². The van der Waals surface area contributed by atoms with Crippen LogP contribution in [0.1, 0.15) is 22.3 Å². The molecule has 0 aliphatic rings. The summed E-state index contributed by atoms with van der Waals surface area (Å²) in [6, 6.07) is 8.72. The monoisotopic (exact) mass is 513 g/mol. The van der Waals surface area contributed by atoms with E-state index in [0.717, 1.165) is 6.26 Å². The third-order valence-corrected chi connectivity index (χ3v) is 6.50. The molecule has 10 nitrogen and oxygen atoms in total. The summed E-state index contributed by atoms with van der Waals surface area (Å²) in [6.45, 7) is 5.54. The van der Waals surface area contributed by atoms with Crippen LogP contribution in [0.5, 0.6) is 5.75 Å². The molecule has 1 N–H and O–H groups in total. The maximum absolute atomic E-state index is 12.9. The first kappa shape index (κ1) is 26.5. The van der Waals surface area contributed by atoms with E-state index in [1.807, 2.05) is 0 Å². The van der Waals surface area contributed by atoms with Crippen LogP contribution < -0.4 is 20.0 Å². The van der Waals surface area contributed by atoms with Gasteiger partial charge in [-0.15, -0.1) is 0 Å². The maximum atomic E-state index is 12.9. The lowest BCUT2D eigenvalue weighted by atomic mass is 9.98. The van der Waals surface area contributed by atoms with E-state index in [1.54, 1.807) is 39.2 Å². The Morgan fingerprint density at radius 1 is 1.19 bits per heavy atom. The molecule has 0 spiro atoms. The van der Waals surface area contributed by atoms with E-state index in [2.05, 4.69) is 11.9 Å². The van der Waals surface area contributed by atoms with Gasteiger partial charge in [0.1, 0.15) is 11.3 Å². The number of urea groups is 1. The fourth-order valence-corrected chi connectivity index (χ4v) is 4.52. The van der Waals surface area contributed by atoms with Gasteiger partial charge in [-0.1, -0.05) is 24.8 Å². The Kier molecular flexibility index (Phi) is 7.54. The van der Waals surface area contributed by atoms with Crippen molar-refractivity contribution in [1.29, 1.82) is 0 Å². The largest absolute Gasteiger partial charge is 0.422 e. The SMILES string of the molecule is C=Cc1cc2c(C)c(Cc3cccc(N(C(=O)NC)S(C)(=O)=O)c3)c(=O)oc2cc1OC(=O)N(C)C. The van der Waals surface area contributed by atoms with Gasteiger partial charge in [-0.3, -0.25) is 0 Å². The number of ether oxygens (including phenoxy) is 1. The van der Waals surface area contributed by atoms with Gasteiger partial charge in [0.25, 0.3) is 0 Å². The Balaban J connectivity index is 2.08. The van der Waals surface area contributed by atoms with Crippen molar-refractivity contribution in [3.05, 3.63) is 75.7 Å². The zero-order valence-electron chi connectivity index (χ0n) is 20.6. The second-order valence-corrected chi connectivity index (χ2v) is 10.1. The first-order valence-electron chi connectivity index (χ1n) is 10.8. The molecule has 0 atom stereocenters. The molecular weight excluding hydrogens is 486 g/mol. The van der Waals surface area contributed by atoms with Gasteiger partial charge in [0, 0.05) is 50.1 Å². The number of hydrogen-bond acceptors (Lipinski definition) is 7. The number of rotatable bonds is 6. The highest BCUT2D eigenvalue weighted by atomic mass is 32.2. The van der Waals surface area contributed by atoms with E-state index in [9.17, 15) is 22.8 Å². The molecule has 36 heavy (non-hydrogen) atoms. The average Bonchev–Trinajstić information content (AvgIpc) is 2.80. The normalized spacial score (nSPS) is 11.1. The summed E-state index contributed by atoms with van der Waals surface area (Å²) >= 11 is 0. The molecule has 0 bridgehead atoms. The molecule has 11 heteroatoms. The fraction of sp³-hybridized carbons (Fsp3) is 0.240. The second-order valence-electron chi connectivity index (χ2n) is 8.28. The van der Waals surface area contributed by atoms with E-state index >= 15 is 0 Å². The third-order valence-electron chi connectivity index (χ3n) is 5.46. The number of carbonyl (C=O) groups is 2. The van der Waals surface area contributed by atoms with Crippen LogP contribution in [0.2, 0.25) is 0 Å². The molecule has 2 aromatic carbocycles. The van der Waals surface area contributed by atoms with Crippen LogP contribution in [-0.4, -0.2) is 52.8 Å². The topological polar surface area (TPSA) is 126 Å². The average molecular weight is 514 g/mol. The number of benzene rings is 2. The van der Waals surface area contributed by atoms with Gasteiger partial charge in [-0.2, -0.15) is 4.31 Å². The molecule has 0 fully saturated rings. The summed E-state index contributed by atoms with van der Waals surface area (Å²) in [5.41, 5.74) is 1.93. The predicted octanol–water partition coefficient (Wildman–Crippen LogP) is 3.50. The van der Waals surface area contributed by atoms with Crippen molar-refractivity contribution in [3.8, 4) is 5.75 Å². The van der Waals surface area contributed by atoms with Crippen molar-refractivity contribution in [1.82, 2.24) is 10.2 Å². The smallest absolute Gasteiger partial charge is 0.414 e. The Morgan fingerprint density at radius 3 is 2.47 bits per heavy atom. The van der Waals surface area contributed by atoms with Gasteiger partial charge in [0.15, 0.2) is 0 Å². The lowest BCUT2D eigenvalue weighted by molar-refractivity contribution is 0.172. The van der Waals surface area contributed by atoms with Crippen LogP contribution in [0.3, 0.4) is 0 Å². The van der Waals surface area contributed by atoms with Crippen molar-refractivity contribution >= 4 is 44.9 Å². The molecule has 0 radical (unpaired) electrons. The first-order valence-corrected chi connectivity index (χ1v) is 12.6. The Morgan fingerprint density at radius 2 is 1.89 bits per heavy atom. The van der Waals surface area contributed by atoms with Gasteiger partial charge in [-0.05, 0) is 36.2 Å². The summed E-state index contributed by atoms with van der Waals surface area (Å²) in [6.07, 6.45) is 2.00. The van der Waals surface area contributed by atoms with Crippen LogP contribution >= 0.6 is 0 Å². The summed E-state index contributed by atoms with van der Waals surface area (Å²) in [5, 5.41) is 2.94. The Bertz CT molecular complexity index is 1520. The zero-order chi connectivity index (χ0) is 26.8. The van der Waals surface area contributed by atoms with Crippen LogP contribution in [0, 0.1) is 6.92 Å². The van der Waals surface area contributed by atoms with Crippen LogP contribution in [-0.2, 0) is 16.4 Å². The van der Waals surface area contributed by atoms with Gasteiger partial charge >= 0.3 is 17.7 Å². The quantitative estimate of drug-likeness (QED) is 0.500. The molecule has 0 aliphatic carbocycles. The summed E-state index contributed by atoms with van der Waals surface area (Å²) in [5.74, 6) is 0.203. The van der Waals surface area contributed by atoms with Gasteiger partial charge < -0.3 is 19.4 Å². The third kappa shape index (κ3) is 5.41.